The van der Waals surface area contributed by atoms with Gasteiger partial charge in [0.1, 0.15) is 11.9 Å². The molecular formula is C25H25N3O3S. The summed E-state index contributed by atoms with van der Waals surface area (Å²) >= 11 is 0. The highest BCUT2D eigenvalue weighted by Gasteiger charge is 2.33. The van der Waals surface area contributed by atoms with Gasteiger partial charge in [0.15, 0.2) is 0 Å². The van der Waals surface area contributed by atoms with Crippen LogP contribution in [0.5, 0.6) is 5.75 Å². The number of hydrogen-bond donors (Lipinski definition) is 0. The Balaban J connectivity index is 1.23. The fourth-order valence-corrected chi connectivity index (χ4v) is 5.97. The van der Waals surface area contributed by atoms with E-state index >= 15 is 0 Å². The molecule has 1 saturated heterocycles. The van der Waals surface area contributed by atoms with Crippen molar-refractivity contribution in [1.29, 1.82) is 5.26 Å². The number of benzene rings is 2. The number of sulfonamides is 1. The summed E-state index contributed by atoms with van der Waals surface area (Å²) in [5.41, 5.74) is 4.43. The Bertz CT molecular complexity index is 1230. The maximum Gasteiger partial charge on any atom is 0.243 e. The van der Waals surface area contributed by atoms with Crippen molar-refractivity contribution in [1.82, 2.24) is 9.21 Å². The lowest BCUT2D eigenvalue weighted by Gasteiger charge is -2.26. The fourth-order valence-electron chi connectivity index (χ4n) is 4.48. The summed E-state index contributed by atoms with van der Waals surface area (Å²) < 4.78 is 33.6. The van der Waals surface area contributed by atoms with Crippen LogP contribution in [0.1, 0.15) is 23.1 Å². The molecular weight excluding hydrogens is 422 g/mol. The van der Waals surface area contributed by atoms with E-state index in [2.05, 4.69) is 35.3 Å². The number of nitriles is 1. The lowest BCUT2D eigenvalue weighted by atomic mass is 10.0. The number of ether oxygens (including phenoxy) is 1. The van der Waals surface area contributed by atoms with Gasteiger partial charge in [-0.05, 0) is 78.9 Å². The molecule has 0 saturated carbocycles. The van der Waals surface area contributed by atoms with Crippen molar-refractivity contribution in [3.05, 3.63) is 83.1 Å². The van der Waals surface area contributed by atoms with Gasteiger partial charge in [-0.2, -0.15) is 9.57 Å². The molecule has 5 rings (SSSR count). The summed E-state index contributed by atoms with van der Waals surface area (Å²) in [7, 11) is -3.59. The van der Waals surface area contributed by atoms with Gasteiger partial charge in [0, 0.05) is 25.3 Å². The molecule has 0 radical (unpaired) electrons. The van der Waals surface area contributed by atoms with Crippen LogP contribution in [-0.2, 0) is 22.9 Å². The van der Waals surface area contributed by atoms with Crippen LogP contribution >= 0.6 is 0 Å². The summed E-state index contributed by atoms with van der Waals surface area (Å²) in [5.74, 6) is 0.808. The van der Waals surface area contributed by atoms with Gasteiger partial charge in [0.05, 0.1) is 23.1 Å². The maximum absolute atomic E-state index is 13.0. The molecule has 2 aromatic carbocycles. The quantitative estimate of drug-likeness (QED) is 0.704. The summed E-state index contributed by atoms with van der Waals surface area (Å²) in [5, 5.41) is 8.92. The van der Waals surface area contributed by atoms with Crippen molar-refractivity contribution in [3.63, 3.8) is 0 Å². The second-order valence-electron chi connectivity index (χ2n) is 8.40. The average molecular weight is 448 g/mol. The zero-order valence-corrected chi connectivity index (χ0v) is 18.6. The standard InChI is InChI=1S/C25H25N3O3S/c26-17-19-4-8-25(9-5-19)32(29,30)28-15-12-24(18-28)31-23-7-6-20-10-13-27(22-2-1-3-22)14-11-21(20)16-23/h1-9,16,24H,10-15,18H2/t24-/m0/s1. The second kappa shape index (κ2) is 8.45. The molecule has 1 fully saturated rings. The van der Waals surface area contributed by atoms with E-state index in [4.69, 9.17) is 10.00 Å². The highest BCUT2D eigenvalue weighted by atomic mass is 32.2. The van der Waals surface area contributed by atoms with Crippen LogP contribution in [0.3, 0.4) is 0 Å². The topological polar surface area (TPSA) is 73.6 Å². The number of hydrogen-bond acceptors (Lipinski definition) is 5. The van der Waals surface area contributed by atoms with Gasteiger partial charge in [0.2, 0.25) is 10.0 Å². The van der Waals surface area contributed by atoms with Crippen LogP contribution < -0.4 is 4.74 Å². The average Bonchev–Trinajstić information content (AvgIpc) is 3.15. The SMILES string of the molecule is N#Cc1ccc(S(=O)(=O)N2CC[C@H](Oc3ccc4c(c3)CCN(C3=CC=C3)CC4)C2)cc1. The van der Waals surface area contributed by atoms with E-state index in [0.717, 1.165) is 31.7 Å². The van der Waals surface area contributed by atoms with Gasteiger partial charge in [-0.15, -0.1) is 0 Å². The first-order valence-corrected chi connectivity index (χ1v) is 12.4. The Morgan fingerprint density at radius 3 is 2.44 bits per heavy atom. The minimum absolute atomic E-state index is 0.172. The Kier molecular flexibility index (Phi) is 5.50. The van der Waals surface area contributed by atoms with Gasteiger partial charge >= 0.3 is 0 Å². The Morgan fingerprint density at radius 1 is 1.00 bits per heavy atom. The molecule has 2 aromatic rings. The lowest BCUT2D eigenvalue weighted by Crippen LogP contribution is -2.31. The zero-order valence-electron chi connectivity index (χ0n) is 17.8. The smallest absolute Gasteiger partial charge is 0.243 e. The fraction of sp³-hybridized carbons (Fsp3) is 0.320. The van der Waals surface area contributed by atoms with Crippen molar-refractivity contribution in [2.75, 3.05) is 26.2 Å². The van der Waals surface area contributed by atoms with E-state index in [1.54, 1.807) is 0 Å². The molecule has 0 bridgehead atoms. The molecule has 0 unspecified atom stereocenters. The van der Waals surface area contributed by atoms with Crippen molar-refractivity contribution in [2.24, 2.45) is 0 Å². The zero-order chi connectivity index (χ0) is 22.1. The van der Waals surface area contributed by atoms with E-state index in [1.807, 2.05) is 12.1 Å². The van der Waals surface area contributed by atoms with E-state index in [9.17, 15) is 8.42 Å². The highest BCUT2D eigenvalue weighted by molar-refractivity contribution is 7.89. The molecule has 2 heterocycles. The Labute approximate surface area is 189 Å². The molecule has 1 atom stereocenters. The molecule has 0 spiro atoms. The molecule has 1 aliphatic carbocycles. The van der Waals surface area contributed by atoms with Gasteiger partial charge in [-0.3, -0.25) is 0 Å². The third kappa shape index (κ3) is 4.04. The number of rotatable bonds is 5. The molecule has 6 nitrogen and oxygen atoms in total. The minimum Gasteiger partial charge on any atom is -0.489 e. The van der Waals surface area contributed by atoms with Crippen LogP contribution in [0, 0.1) is 11.3 Å². The van der Waals surface area contributed by atoms with E-state index < -0.39 is 10.0 Å². The van der Waals surface area contributed by atoms with E-state index in [-0.39, 0.29) is 11.0 Å². The van der Waals surface area contributed by atoms with Crippen LogP contribution in [0.25, 0.3) is 0 Å². The lowest BCUT2D eigenvalue weighted by molar-refractivity contribution is 0.215. The third-order valence-corrected chi connectivity index (χ3v) is 8.29. The van der Waals surface area contributed by atoms with Crippen LogP contribution in [0.4, 0.5) is 0 Å². The van der Waals surface area contributed by atoms with Crippen molar-refractivity contribution >= 4 is 10.0 Å². The summed E-state index contributed by atoms with van der Waals surface area (Å²) in [6.45, 7) is 2.77. The molecule has 7 heteroatoms. The third-order valence-electron chi connectivity index (χ3n) is 6.41. The minimum atomic E-state index is -3.59. The number of nitrogens with zero attached hydrogens (tertiary/aromatic N) is 3. The van der Waals surface area contributed by atoms with Crippen molar-refractivity contribution < 1.29 is 13.2 Å². The second-order valence-corrected chi connectivity index (χ2v) is 10.3. The van der Waals surface area contributed by atoms with Gasteiger partial charge in [-0.1, -0.05) is 12.1 Å². The molecule has 3 aliphatic rings. The largest absolute Gasteiger partial charge is 0.489 e. The maximum atomic E-state index is 13.0. The van der Waals surface area contributed by atoms with Gasteiger partial charge in [-0.25, -0.2) is 8.42 Å². The first-order chi connectivity index (χ1) is 15.5. The van der Waals surface area contributed by atoms with E-state index in [1.165, 1.54) is 45.4 Å². The van der Waals surface area contributed by atoms with Crippen LogP contribution in [0.15, 0.2) is 71.3 Å². The summed E-state index contributed by atoms with van der Waals surface area (Å²) in [6, 6.07) is 14.4. The predicted molar refractivity (Wildman–Crippen MR) is 122 cm³/mol. The van der Waals surface area contributed by atoms with Crippen LogP contribution in [-0.4, -0.2) is 49.9 Å². The van der Waals surface area contributed by atoms with Gasteiger partial charge < -0.3 is 9.64 Å². The number of allylic oxidation sites excluding steroid dienone is 3. The molecule has 0 aromatic heterocycles. The van der Waals surface area contributed by atoms with Crippen molar-refractivity contribution in [3.8, 4) is 11.8 Å². The summed E-state index contributed by atoms with van der Waals surface area (Å²) in [4.78, 5) is 2.63. The van der Waals surface area contributed by atoms with Crippen LogP contribution in [0.2, 0.25) is 0 Å². The summed E-state index contributed by atoms with van der Waals surface area (Å²) in [6.07, 6.45) is 8.85. The normalized spacial score (nSPS) is 20.7. The molecule has 32 heavy (non-hydrogen) atoms. The van der Waals surface area contributed by atoms with Crippen molar-refractivity contribution in [2.45, 2.75) is 30.3 Å². The molecule has 164 valence electrons. The first kappa shape index (κ1) is 20.8. The molecule has 0 amide bonds. The predicted octanol–water partition coefficient (Wildman–Crippen LogP) is 3.25. The van der Waals surface area contributed by atoms with Gasteiger partial charge in [0.25, 0.3) is 0 Å². The Morgan fingerprint density at radius 2 is 1.75 bits per heavy atom. The number of fused-ring (bicyclic) bond motifs is 1. The highest BCUT2D eigenvalue weighted by Crippen LogP contribution is 2.28. The van der Waals surface area contributed by atoms with E-state index in [0.29, 0.717) is 25.1 Å². The molecule has 2 aliphatic heterocycles. The Hall–Kier alpha value is -3.08. The first-order valence-electron chi connectivity index (χ1n) is 10.9. The monoisotopic (exact) mass is 447 g/mol. The molecule has 0 N–H and O–H groups in total.